The van der Waals surface area contributed by atoms with Crippen LogP contribution in [0.5, 0.6) is 0 Å². The number of thioether (sulfide) groups is 1. The van der Waals surface area contributed by atoms with Gasteiger partial charge in [-0.1, -0.05) is 15.9 Å². The molecule has 0 radical (unpaired) electrons. The summed E-state index contributed by atoms with van der Waals surface area (Å²) in [7, 11) is 0. The smallest absolute Gasteiger partial charge is 0.127 e. The predicted molar refractivity (Wildman–Crippen MR) is 65.6 cm³/mol. The highest BCUT2D eigenvalue weighted by Gasteiger charge is 2.02. The molecule has 0 unspecified atom stereocenters. The van der Waals surface area contributed by atoms with Crippen LogP contribution in [0.3, 0.4) is 0 Å². The SMILES string of the molecule is Fc1ccc(Br)cc1CSCCCCl. The van der Waals surface area contributed by atoms with Gasteiger partial charge in [-0.2, -0.15) is 11.8 Å². The Balaban J connectivity index is 2.45. The molecule has 0 bridgehead atoms. The fraction of sp³-hybridized carbons (Fsp3) is 0.400. The molecule has 0 saturated heterocycles. The molecule has 0 spiro atoms. The van der Waals surface area contributed by atoms with Gasteiger partial charge in [-0.15, -0.1) is 11.6 Å². The van der Waals surface area contributed by atoms with Crippen LogP contribution in [0.1, 0.15) is 12.0 Å². The normalized spacial score (nSPS) is 10.5. The Hall–Kier alpha value is 0.270. The van der Waals surface area contributed by atoms with Crippen molar-refractivity contribution < 1.29 is 4.39 Å². The second-order valence-electron chi connectivity index (χ2n) is 2.83. The Morgan fingerprint density at radius 1 is 1.43 bits per heavy atom. The minimum absolute atomic E-state index is 0.133. The number of halogens is 3. The number of hydrogen-bond acceptors (Lipinski definition) is 1. The standard InChI is InChI=1S/C10H11BrClFS/c11-9-2-3-10(13)8(6-9)7-14-5-1-4-12/h2-3,6H,1,4-5,7H2. The highest BCUT2D eigenvalue weighted by atomic mass is 79.9. The van der Waals surface area contributed by atoms with E-state index in [1.165, 1.54) is 6.07 Å². The average molecular weight is 298 g/mol. The minimum Gasteiger partial charge on any atom is -0.207 e. The third-order valence-electron chi connectivity index (χ3n) is 1.69. The summed E-state index contributed by atoms with van der Waals surface area (Å²) in [6, 6.07) is 5.02. The first-order chi connectivity index (χ1) is 6.74. The summed E-state index contributed by atoms with van der Waals surface area (Å²) in [5.41, 5.74) is 0.749. The van der Waals surface area contributed by atoms with Gasteiger partial charge in [0.05, 0.1) is 0 Å². The molecule has 0 aliphatic rings. The number of hydrogen-bond donors (Lipinski definition) is 0. The van der Waals surface area contributed by atoms with Crippen LogP contribution < -0.4 is 0 Å². The molecule has 0 N–H and O–H groups in total. The summed E-state index contributed by atoms with van der Waals surface area (Å²) in [5, 5.41) is 0. The molecule has 0 aromatic heterocycles. The molecule has 14 heavy (non-hydrogen) atoms. The summed E-state index contributed by atoms with van der Waals surface area (Å²) in [6.45, 7) is 0. The Bertz CT molecular complexity index is 293. The summed E-state index contributed by atoms with van der Waals surface area (Å²) in [5.74, 6) is 2.23. The Morgan fingerprint density at radius 2 is 2.21 bits per heavy atom. The van der Waals surface area contributed by atoms with E-state index in [0.717, 1.165) is 22.2 Å². The first kappa shape index (κ1) is 12.3. The lowest BCUT2D eigenvalue weighted by Crippen LogP contribution is -1.89. The molecular weight excluding hydrogens is 287 g/mol. The molecular formula is C10H11BrClFS. The van der Waals surface area contributed by atoms with E-state index in [1.54, 1.807) is 17.8 Å². The van der Waals surface area contributed by atoms with Gasteiger partial charge in [0, 0.05) is 16.1 Å². The highest BCUT2D eigenvalue weighted by Crippen LogP contribution is 2.20. The van der Waals surface area contributed by atoms with Gasteiger partial charge in [0.25, 0.3) is 0 Å². The zero-order valence-corrected chi connectivity index (χ0v) is 10.8. The first-order valence-electron chi connectivity index (χ1n) is 4.31. The molecule has 0 aliphatic carbocycles. The first-order valence-corrected chi connectivity index (χ1v) is 6.80. The van der Waals surface area contributed by atoms with Crippen molar-refractivity contribution in [3.8, 4) is 0 Å². The van der Waals surface area contributed by atoms with E-state index < -0.39 is 0 Å². The Kier molecular flexibility index (Phi) is 5.90. The van der Waals surface area contributed by atoms with Crippen molar-refractivity contribution in [1.82, 2.24) is 0 Å². The van der Waals surface area contributed by atoms with Gasteiger partial charge in [0.2, 0.25) is 0 Å². The van der Waals surface area contributed by atoms with Gasteiger partial charge in [-0.25, -0.2) is 4.39 Å². The van der Waals surface area contributed by atoms with Gasteiger partial charge in [-0.3, -0.25) is 0 Å². The van der Waals surface area contributed by atoms with Crippen LogP contribution in [-0.4, -0.2) is 11.6 Å². The molecule has 1 rings (SSSR count). The van der Waals surface area contributed by atoms with Gasteiger partial charge >= 0.3 is 0 Å². The van der Waals surface area contributed by atoms with Gasteiger partial charge < -0.3 is 0 Å². The van der Waals surface area contributed by atoms with Crippen molar-refractivity contribution in [3.63, 3.8) is 0 Å². The maximum Gasteiger partial charge on any atom is 0.127 e. The molecule has 0 aliphatic heterocycles. The summed E-state index contributed by atoms with van der Waals surface area (Å²) in [6.07, 6.45) is 0.974. The molecule has 78 valence electrons. The van der Waals surface area contributed by atoms with Gasteiger partial charge in [0.1, 0.15) is 5.82 Å². The molecule has 0 nitrogen and oxygen atoms in total. The lowest BCUT2D eigenvalue weighted by atomic mass is 10.2. The quantitative estimate of drug-likeness (QED) is 0.571. The zero-order valence-electron chi connectivity index (χ0n) is 7.60. The third-order valence-corrected chi connectivity index (χ3v) is 3.54. The van der Waals surface area contributed by atoms with Crippen molar-refractivity contribution in [3.05, 3.63) is 34.1 Å². The summed E-state index contributed by atoms with van der Waals surface area (Å²) < 4.78 is 14.1. The largest absolute Gasteiger partial charge is 0.207 e. The molecule has 0 amide bonds. The maximum absolute atomic E-state index is 13.2. The van der Waals surface area contributed by atoms with Crippen LogP contribution in [0, 0.1) is 5.82 Å². The zero-order chi connectivity index (χ0) is 10.4. The Morgan fingerprint density at radius 3 is 2.93 bits per heavy atom. The van der Waals surface area contributed by atoms with Gasteiger partial charge in [-0.05, 0) is 35.9 Å². The summed E-state index contributed by atoms with van der Waals surface area (Å²) >= 11 is 10.6. The molecule has 0 atom stereocenters. The second kappa shape index (κ2) is 6.70. The lowest BCUT2D eigenvalue weighted by molar-refractivity contribution is 0.617. The summed E-state index contributed by atoms with van der Waals surface area (Å²) in [4.78, 5) is 0. The van der Waals surface area contributed by atoms with Crippen LogP contribution in [0.15, 0.2) is 22.7 Å². The molecule has 1 aromatic rings. The van der Waals surface area contributed by atoms with Crippen LogP contribution in [0.2, 0.25) is 0 Å². The van der Waals surface area contributed by atoms with E-state index in [-0.39, 0.29) is 5.82 Å². The number of rotatable bonds is 5. The van der Waals surface area contributed by atoms with Crippen molar-refractivity contribution in [2.75, 3.05) is 11.6 Å². The third kappa shape index (κ3) is 4.20. The fourth-order valence-electron chi connectivity index (χ4n) is 0.993. The van der Waals surface area contributed by atoms with Crippen LogP contribution in [0.4, 0.5) is 4.39 Å². The molecule has 0 saturated carbocycles. The van der Waals surface area contributed by atoms with Crippen molar-refractivity contribution in [2.24, 2.45) is 0 Å². The van der Waals surface area contributed by atoms with Crippen LogP contribution >= 0.6 is 39.3 Å². The van der Waals surface area contributed by atoms with E-state index >= 15 is 0 Å². The Labute approximate surface area is 101 Å². The minimum atomic E-state index is -0.133. The van der Waals surface area contributed by atoms with Gasteiger partial charge in [0.15, 0.2) is 0 Å². The maximum atomic E-state index is 13.2. The molecule has 1 aromatic carbocycles. The number of benzene rings is 1. The van der Waals surface area contributed by atoms with E-state index in [9.17, 15) is 4.39 Å². The van der Waals surface area contributed by atoms with E-state index in [4.69, 9.17) is 11.6 Å². The topological polar surface area (TPSA) is 0 Å². The second-order valence-corrected chi connectivity index (χ2v) is 5.23. The predicted octanol–water partition coefficient (Wildman–Crippen LogP) is 4.45. The van der Waals surface area contributed by atoms with E-state index in [2.05, 4.69) is 15.9 Å². The average Bonchev–Trinajstić information content (AvgIpc) is 2.18. The molecule has 0 heterocycles. The van der Waals surface area contributed by atoms with Crippen molar-refractivity contribution in [2.45, 2.75) is 12.2 Å². The lowest BCUT2D eigenvalue weighted by Gasteiger charge is -2.03. The van der Waals surface area contributed by atoms with Crippen molar-refractivity contribution in [1.29, 1.82) is 0 Å². The molecule has 0 fully saturated rings. The monoisotopic (exact) mass is 296 g/mol. The fourth-order valence-corrected chi connectivity index (χ4v) is 2.63. The van der Waals surface area contributed by atoms with Crippen LogP contribution in [-0.2, 0) is 5.75 Å². The van der Waals surface area contributed by atoms with Crippen LogP contribution in [0.25, 0.3) is 0 Å². The van der Waals surface area contributed by atoms with E-state index in [1.807, 2.05) is 6.07 Å². The highest BCUT2D eigenvalue weighted by molar-refractivity contribution is 9.10. The number of alkyl halides is 1. The van der Waals surface area contributed by atoms with Crippen molar-refractivity contribution >= 4 is 39.3 Å². The molecule has 4 heteroatoms. The van der Waals surface area contributed by atoms with E-state index in [0.29, 0.717) is 11.6 Å².